The first-order valence-corrected chi connectivity index (χ1v) is 7.52. The number of amides is 2. The van der Waals surface area contributed by atoms with Gasteiger partial charge in [-0.15, -0.1) is 0 Å². The van der Waals surface area contributed by atoms with E-state index in [1.54, 1.807) is 6.92 Å². The Morgan fingerprint density at radius 3 is 2.04 bits per heavy atom. The maximum absolute atomic E-state index is 12.1. The van der Waals surface area contributed by atoms with Crippen LogP contribution in [0.3, 0.4) is 0 Å². The Morgan fingerprint density at radius 2 is 1.56 bits per heavy atom. The summed E-state index contributed by atoms with van der Waals surface area (Å²) in [4.78, 5) is 12.1. The number of anilines is 1. The van der Waals surface area contributed by atoms with Gasteiger partial charge >= 0.3 is 6.03 Å². The third-order valence-electron chi connectivity index (χ3n) is 3.61. The number of urea groups is 1. The highest BCUT2D eigenvalue weighted by molar-refractivity contribution is 5.90. The molecule has 3 atom stereocenters. The van der Waals surface area contributed by atoms with Gasteiger partial charge in [0.1, 0.15) is 0 Å². The molecule has 2 aromatic rings. The third kappa shape index (κ3) is 5.22. The molecule has 2 unspecified atom stereocenters. The Kier molecular flexibility index (Phi) is 6.04. The number of carbonyl (C=O) groups excluding carboxylic acids is 1. The highest BCUT2D eigenvalue weighted by atomic mass is 16.8. The Labute approximate surface area is 144 Å². The maximum atomic E-state index is 12.1. The van der Waals surface area contributed by atoms with Crippen LogP contribution in [0.2, 0.25) is 0 Å². The van der Waals surface area contributed by atoms with Gasteiger partial charge in [0.2, 0.25) is 0 Å². The Balaban J connectivity index is 2.10. The Hall–Kier alpha value is -2.53. The summed E-state index contributed by atoms with van der Waals surface area (Å²) in [6, 6.07) is 10.2. The van der Waals surface area contributed by atoms with Crippen molar-refractivity contribution in [3.8, 4) is 0 Å². The molecular formula is C16H20N4O5. The van der Waals surface area contributed by atoms with Gasteiger partial charge in [0, 0.05) is 12.1 Å². The van der Waals surface area contributed by atoms with Crippen LogP contribution in [0.1, 0.15) is 24.1 Å². The molecule has 0 aliphatic carbocycles. The predicted molar refractivity (Wildman–Crippen MR) is 89.7 cm³/mol. The van der Waals surface area contributed by atoms with Crippen LogP contribution < -0.4 is 21.1 Å². The SMILES string of the molecule is Cc1ccc([C@H](C)NC(=O)Nc2cc([NH+]([O-])O)cc([NH+]([O-])O)c2)cc1. The Morgan fingerprint density at radius 1 is 1.04 bits per heavy atom. The van der Waals surface area contributed by atoms with Gasteiger partial charge < -0.3 is 21.0 Å². The normalized spacial score (nSPS) is 14.5. The third-order valence-corrected chi connectivity index (χ3v) is 3.61. The molecule has 0 aliphatic heterocycles. The summed E-state index contributed by atoms with van der Waals surface area (Å²) in [6.07, 6.45) is 0. The average Bonchev–Trinajstić information content (AvgIpc) is 2.54. The van der Waals surface area contributed by atoms with Crippen LogP contribution in [0.25, 0.3) is 0 Å². The number of hydrogen-bond donors (Lipinski definition) is 6. The van der Waals surface area contributed by atoms with Crippen molar-refractivity contribution < 1.29 is 25.7 Å². The van der Waals surface area contributed by atoms with Crippen LogP contribution in [-0.4, -0.2) is 16.4 Å². The van der Waals surface area contributed by atoms with Gasteiger partial charge in [0.05, 0.1) is 17.8 Å². The van der Waals surface area contributed by atoms with Crippen LogP contribution in [0.5, 0.6) is 0 Å². The molecule has 0 radical (unpaired) electrons. The van der Waals surface area contributed by atoms with E-state index in [1.165, 1.54) is 12.1 Å². The standard InChI is InChI=1S/C16H20N4O5/c1-10-3-5-12(6-4-10)11(2)17-16(21)18-13-7-14(19(22)23)9-15(8-13)20(24)25/h3-9,11,19-20,22,24H,1-2H3,(H2,17,18,21)/t11-/m0/s1. The van der Waals surface area contributed by atoms with E-state index in [9.17, 15) is 15.2 Å². The van der Waals surface area contributed by atoms with E-state index in [0.29, 0.717) is 0 Å². The van der Waals surface area contributed by atoms with E-state index < -0.39 is 16.5 Å². The van der Waals surface area contributed by atoms with Crippen LogP contribution in [0, 0.1) is 17.3 Å². The van der Waals surface area contributed by atoms with Crippen molar-refractivity contribution in [2.24, 2.45) is 0 Å². The van der Waals surface area contributed by atoms with Crippen molar-refractivity contribution in [1.82, 2.24) is 5.32 Å². The second kappa shape index (κ2) is 8.03. The topological polar surface area (TPSA) is 137 Å². The molecule has 2 aromatic carbocycles. The van der Waals surface area contributed by atoms with Gasteiger partial charge in [-0.1, -0.05) is 29.8 Å². The first kappa shape index (κ1) is 18.8. The van der Waals surface area contributed by atoms with E-state index in [0.717, 1.165) is 17.2 Å². The number of aryl methyl sites for hydroxylation is 1. The first-order chi connectivity index (χ1) is 11.8. The van der Waals surface area contributed by atoms with Crippen molar-refractivity contribution in [2.75, 3.05) is 5.32 Å². The molecule has 9 heteroatoms. The average molecular weight is 348 g/mol. The fourth-order valence-electron chi connectivity index (χ4n) is 2.25. The van der Waals surface area contributed by atoms with Crippen molar-refractivity contribution in [2.45, 2.75) is 19.9 Å². The molecule has 0 saturated carbocycles. The monoisotopic (exact) mass is 348 g/mol. The maximum Gasteiger partial charge on any atom is 0.319 e. The molecule has 0 spiro atoms. The van der Waals surface area contributed by atoms with E-state index in [1.807, 2.05) is 31.2 Å². The number of carbonyl (C=O) groups is 1. The van der Waals surface area contributed by atoms with Gasteiger partial charge in [0.25, 0.3) is 0 Å². The largest absolute Gasteiger partial charge is 0.595 e. The highest BCUT2D eigenvalue weighted by Gasteiger charge is 2.14. The quantitative estimate of drug-likeness (QED) is 0.442. The fraction of sp³-hybridized carbons (Fsp3) is 0.188. The van der Waals surface area contributed by atoms with E-state index in [4.69, 9.17) is 10.4 Å². The zero-order valence-electron chi connectivity index (χ0n) is 13.7. The minimum absolute atomic E-state index is 0.0888. The van der Waals surface area contributed by atoms with Crippen molar-refractivity contribution in [3.05, 3.63) is 64.0 Å². The second-order valence-electron chi connectivity index (χ2n) is 5.64. The Bertz CT molecular complexity index is 708. The lowest BCUT2D eigenvalue weighted by Crippen LogP contribution is -3.00. The number of nitrogens with one attached hydrogen (secondary N) is 4. The molecule has 0 fully saturated rings. The number of rotatable bonds is 5. The van der Waals surface area contributed by atoms with Crippen LogP contribution >= 0.6 is 0 Å². The second-order valence-corrected chi connectivity index (χ2v) is 5.64. The zero-order chi connectivity index (χ0) is 18.6. The van der Waals surface area contributed by atoms with Crippen LogP contribution in [0.15, 0.2) is 42.5 Å². The van der Waals surface area contributed by atoms with Gasteiger partial charge in [-0.3, -0.25) is 0 Å². The van der Waals surface area contributed by atoms with Gasteiger partial charge in [-0.25, -0.2) is 15.2 Å². The van der Waals surface area contributed by atoms with E-state index >= 15 is 0 Å². The molecule has 0 aromatic heterocycles. The summed E-state index contributed by atoms with van der Waals surface area (Å²) in [6.45, 7) is 3.77. The van der Waals surface area contributed by atoms with E-state index in [2.05, 4.69) is 10.6 Å². The molecule has 25 heavy (non-hydrogen) atoms. The molecule has 6 N–H and O–H groups in total. The lowest BCUT2D eigenvalue weighted by atomic mass is 10.1. The van der Waals surface area contributed by atoms with E-state index in [-0.39, 0.29) is 23.1 Å². The lowest BCUT2D eigenvalue weighted by molar-refractivity contribution is -0.996. The fourth-order valence-corrected chi connectivity index (χ4v) is 2.25. The molecule has 0 aliphatic rings. The first-order valence-electron chi connectivity index (χ1n) is 7.52. The van der Waals surface area contributed by atoms with Crippen LogP contribution in [-0.2, 0) is 0 Å². The minimum atomic E-state index is -1.28. The predicted octanol–water partition coefficient (Wildman–Crippen LogP) is 0.685. The molecule has 2 rings (SSSR count). The molecule has 2 amide bonds. The molecule has 0 bridgehead atoms. The summed E-state index contributed by atoms with van der Waals surface area (Å²) in [5.74, 6) is 0. The summed E-state index contributed by atoms with van der Waals surface area (Å²) in [5.41, 5.74) is 1.66. The smallest absolute Gasteiger partial charge is 0.319 e. The molecule has 134 valence electrons. The summed E-state index contributed by atoms with van der Waals surface area (Å²) in [7, 11) is 0. The molecule has 0 saturated heterocycles. The highest BCUT2D eigenvalue weighted by Crippen LogP contribution is 2.18. The lowest BCUT2D eigenvalue weighted by Gasteiger charge is -2.18. The van der Waals surface area contributed by atoms with Crippen molar-refractivity contribution in [3.63, 3.8) is 0 Å². The molecule has 0 heterocycles. The van der Waals surface area contributed by atoms with Gasteiger partial charge in [-0.05, 0) is 19.4 Å². The minimum Gasteiger partial charge on any atom is -0.595 e. The summed E-state index contributed by atoms with van der Waals surface area (Å²) in [5, 5.41) is 42.9. The van der Waals surface area contributed by atoms with Crippen molar-refractivity contribution >= 4 is 23.1 Å². The van der Waals surface area contributed by atoms with Gasteiger partial charge in [-0.2, -0.15) is 10.5 Å². The van der Waals surface area contributed by atoms with Crippen LogP contribution in [0.4, 0.5) is 21.9 Å². The van der Waals surface area contributed by atoms with Gasteiger partial charge in [0.15, 0.2) is 11.4 Å². The number of hydrogen-bond acceptors (Lipinski definition) is 5. The summed E-state index contributed by atoms with van der Waals surface area (Å²) < 4.78 is 0. The summed E-state index contributed by atoms with van der Waals surface area (Å²) >= 11 is 0. The molecular weight excluding hydrogens is 328 g/mol. The molecule has 9 nitrogen and oxygen atoms in total. The zero-order valence-corrected chi connectivity index (χ0v) is 13.7. The van der Waals surface area contributed by atoms with Crippen molar-refractivity contribution in [1.29, 1.82) is 0 Å². The number of benzene rings is 2. The number of quaternary nitrogens is 2.